The highest BCUT2D eigenvalue weighted by Gasteiger charge is 2.36. The minimum Gasteiger partial charge on any atom is -0.480 e. The summed E-state index contributed by atoms with van der Waals surface area (Å²) in [4.78, 5) is 46.2. The van der Waals surface area contributed by atoms with Crippen molar-refractivity contribution in [2.24, 2.45) is 5.73 Å². The molecule has 0 aliphatic carbocycles. The van der Waals surface area contributed by atoms with E-state index in [4.69, 9.17) is 29.6 Å². The fourth-order valence-corrected chi connectivity index (χ4v) is 8.00. The molecule has 366 valence electrons. The summed E-state index contributed by atoms with van der Waals surface area (Å²) in [7, 11) is -4.74. The summed E-state index contributed by atoms with van der Waals surface area (Å²) in [6.45, 7) is 2.74. The van der Waals surface area contributed by atoms with E-state index in [2.05, 4.69) is 48.8 Å². The van der Waals surface area contributed by atoms with E-state index in [9.17, 15) is 23.8 Å². The monoisotopic (exact) mass is 912 g/mol. The van der Waals surface area contributed by atoms with Gasteiger partial charge >= 0.3 is 25.7 Å². The molecule has 1 rings (SSSR count). The average molecular weight is 912 g/mol. The molecule has 3 unspecified atom stereocenters. The van der Waals surface area contributed by atoms with E-state index < -0.39 is 51.1 Å². The third-order valence-corrected chi connectivity index (χ3v) is 12.2. The Kier molecular flexibility index (Phi) is 38.3. The molecule has 0 aromatic carbocycles. The summed E-state index contributed by atoms with van der Waals surface area (Å²) in [5.41, 5.74) is 5.35. The van der Waals surface area contributed by atoms with E-state index in [-0.39, 0.29) is 19.4 Å². The van der Waals surface area contributed by atoms with Crippen LogP contribution in [0.2, 0.25) is 0 Å². The molecule has 0 aromatic rings. The number of hydrogen-bond acceptors (Lipinski definition) is 10. The van der Waals surface area contributed by atoms with Gasteiger partial charge in [0.15, 0.2) is 6.10 Å². The Bertz CT molecular complexity index is 1270. The lowest BCUT2D eigenvalue weighted by atomic mass is 10.0. The number of epoxide rings is 1. The number of carboxylic acids is 1. The van der Waals surface area contributed by atoms with Crippen molar-refractivity contribution >= 4 is 25.7 Å². The van der Waals surface area contributed by atoms with Crippen LogP contribution in [0, 0.1) is 0 Å². The van der Waals surface area contributed by atoms with Gasteiger partial charge in [0.05, 0.1) is 25.4 Å². The van der Waals surface area contributed by atoms with Crippen LogP contribution < -0.4 is 5.73 Å². The van der Waals surface area contributed by atoms with E-state index in [1.807, 2.05) is 6.08 Å². The van der Waals surface area contributed by atoms with Crippen LogP contribution in [0.15, 0.2) is 36.5 Å². The highest BCUT2D eigenvalue weighted by atomic mass is 31.2. The molecule has 1 fully saturated rings. The zero-order valence-corrected chi connectivity index (χ0v) is 40.5. The first-order valence-electron chi connectivity index (χ1n) is 25.1. The molecule has 4 N–H and O–H groups in total. The maximum absolute atomic E-state index is 12.7. The minimum absolute atomic E-state index is 0.142. The maximum Gasteiger partial charge on any atom is 0.472 e. The molecule has 1 aliphatic heterocycles. The van der Waals surface area contributed by atoms with Gasteiger partial charge < -0.3 is 29.9 Å². The molecule has 0 spiro atoms. The molecule has 0 amide bonds. The molecule has 12 nitrogen and oxygen atoms in total. The van der Waals surface area contributed by atoms with Crippen LogP contribution in [-0.4, -0.2) is 72.1 Å². The molecule has 5 atom stereocenters. The standard InChI is InChI=1S/C50H90NO11P/c1-3-5-7-9-11-12-13-14-15-16-17-18-19-20-21-22-23-24-27-32-36-40-49(53)61-44(42-59-63(56,57)60-43-45(51)50(54)55)41-58-48(52)39-35-31-28-25-26-30-34-38-47-46(62-47)37-33-29-10-8-6-4-2/h25,28-30,33-34,44-47H,3-24,26-27,31-32,35-43,51H2,1-2H3,(H,54,55)(H,56,57)/b28-25-,33-29-,34-30-/t44-,45+,46?,47?/m1/s1. The molecule has 63 heavy (non-hydrogen) atoms. The fourth-order valence-electron chi connectivity index (χ4n) is 7.22. The Morgan fingerprint density at radius 1 is 0.571 bits per heavy atom. The molecule has 1 heterocycles. The van der Waals surface area contributed by atoms with Crippen LogP contribution in [0.25, 0.3) is 0 Å². The number of phosphoric ester groups is 1. The van der Waals surface area contributed by atoms with Gasteiger partial charge in [-0.05, 0) is 51.4 Å². The Balaban J connectivity index is 2.24. The Morgan fingerprint density at radius 3 is 1.54 bits per heavy atom. The third kappa shape index (κ3) is 38.6. The van der Waals surface area contributed by atoms with Gasteiger partial charge in [-0.15, -0.1) is 0 Å². The van der Waals surface area contributed by atoms with E-state index in [1.165, 1.54) is 128 Å². The third-order valence-electron chi connectivity index (χ3n) is 11.3. The number of nitrogens with two attached hydrogens (primary N) is 1. The normalized spacial score (nSPS) is 17.1. The lowest BCUT2D eigenvalue weighted by Crippen LogP contribution is -2.34. The minimum atomic E-state index is -4.74. The van der Waals surface area contributed by atoms with Crippen molar-refractivity contribution in [2.45, 2.75) is 244 Å². The molecular weight excluding hydrogens is 822 g/mol. The predicted molar refractivity (Wildman–Crippen MR) is 253 cm³/mol. The Labute approximate surface area is 382 Å². The van der Waals surface area contributed by atoms with Crippen LogP contribution in [0.3, 0.4) is 0 Å². The number of rotatable bonds is 46. The van der Waals surface area contributed by atoms with Crippen molar-refractivity contribution in [2.75, 3.05) is 19.8 Å². The van der Waals surface area contributed by atoms with E-state index in [0.29, 0.717) is 31.5 Å². The largest absolute Gasteiger partial charge is 0.480 e. The van der Waals surface area contributed by atoms with Crippen LogP contribution in [0.1, 0.15) is 219 Å². The van der Waals surface area contributed by atoms with Crippen LogP contribution >= 0.6 is 7.82 Å². The van der Waals surface area contributed by atoms with Gasteiger partial charge in [0.1, 0.15) is 12.6 Å². The number of aliphatic carboxylic acids is 1. The fraction of sp³-hybridized carbons (Fsp3) is 0.820. The summed E-state index contributed by atoms with van der Waals surface area (Å²) in [5.74, 6) is -2.45. The second-order valence-corrected chi connectivity index (χ2v) is 18.8. The highest BCUT2D eigenvalue weighted by molar-refractivity contribution is 7.47. The molecule has 1 aliphatic rings. The maximum atomic E-state index is 12.7. The average Bonchev–Trinajstić information content (AvgIpc) is 4.02. The molecular formula is C50H90NO11P. The van der Waals surface area contributed by atoms with Crippen molar-refractivity contribution in [3.8, 4) is 0 Å². The predicted octanol–water partition coefficient (Wildman–Crippen LogP) is 12.9. The number of carbonyl (C=O) groups is 3. The lowest BCUT2D eigenvalue weighted by Gasteiger charge is -2.20. The summed E-state index contributed by atoms with van der Waals surface area (Å²) >= 11 is 0. The van der Waals surface area contributed by atoms with Crippen LogP contribution in [0.5, 0.6) is 0 Å². The first-order chi connectivity index (χ1) is 30.6. The summed E-state index contributed by atoms with van der Waals surface area (Å²) in [6.07, 6.45) is 48.2. The van der Waals surface area contributed by atoms with E-state index in [1.54, 1.807) is 0 Å². The zero-order valence-electron chi connectivity index (χ0n) is 39.6. The van der Waals surface area contributed by atoms with Crippen molar-refractivity contribution < 1.29 is 52.2 Å². The Morgan fingerprint density at radius 2 is 1.00 bits per heavy atom. The Hall–Kier alpha value is -2.34. The van der Waals surface area contributed by atoms with Crippen molar-refractivity contribution in [3.05, 3.63) is 36.5 Å². The number of hydrogen-bond donors (Lipinski definition) is 3. The smallest absolute Gasteiger partial charge is 0.472 e. The van der Waals surface area contributed by atoms with Gasteiger partial charge in [-0.3, -0.25) is 23.4 Å². The van der Waals surface area contributed by atoms with E-state index in [0.717, 1.165) is 44.9 Å². The SMILES string of the molecule is CCCCC/C=C\CC1OC1C/C=C\C/C=C\CCCC(=O)OC[C@H](COP(=O)(O)OC[C@H](N)C(=O)O)OC(=O)CCCCCCCCCCCCCCCCCCCCCCC. The second-order valence-electron chi connectivity index (χ2n) is 17.3. The number of phosphoric acid groups is 1. The number of carbonyl (C=O) groups excluding carboxylic acids is 2. The van der Waals surface area contributed by atoms with E-state index >= 15 is 0 Å². The molecule has 13 heteroatoms. The molecule has 0 aromatic heterocycles. The number of allylic oxidation sites excluding steroid dienone is 4. The van der Waals surface area contributed by atoms with Gasteiger partial charge in [0.25, 0.3) is 0 Å². The summed E-state index contributed by atoms with van der Waals surface area (Å²) < 4.78 is 38.5. The van der Waals surface area contributed by atoms with Crippen LogP contribution in [0.4, 0.5) is 0 Å². The van der Waals surface area contributed by atoms with Gasteiger partial charge in [-0.2, -0.15) is 0 Å². The number of esters is 2. The number of carboxylic acid groups (broad SMARTS) is 1. The summed E-state index contributed by atoms with van der Waals surface area (Å²) in [5, 5.41) is 8.92. The molecule has 0 bridgehead atoms. The van der Waals surface area contributed by atoms with Crippen molar-refractivity contribution in [1.82, 2.24) is 0 Å². The number of unbranched alkanes of at least 4 members (excludes halogenated alkanes) is 24. The van der Waals surface area contributed by atoms with Gasteiger partial charge in [0.2, 0.25) is 0 Å². The van der Waals surface area contributed by atoms with Crippen LogP contribution in [-0.2, 0) is 42.2 Å². The molecule has 0 saturated carbocycles. The first-order valence-corrected chi connectivity index (χ1v) is 26.6. The van der Waals surface area contributed by atoms with Gasteiger partial charge in [-0.1, -0.05) is 192 Å². The van der Waals surface area contributed by atoms with Crippen molar-refractivity contribution in [3.63, 3.8) is 0 Å². The lowest BCUT2D eigenvalue weighted by molar-refractivity contribution is -0.161. The topological polar surface area (TPSA) is 184 Å². The summed E-state index contributed by atoms with van der Waals surface area (Å²) in [6, 6.07) is -1.53. The number of ether oxygens (including phenoxy) is 3. The second kappa shape index (κ2) is 41.1. The van der Waals surface area contributed by atoms with Gasteiger partial charge in [-0.25, -0.2) is 4.57 Å². The quantitative estimate of drug-likeness (QED) is 0.0173. The molecule has 1 saturated heterocycles. The molecule has 0 radical (unpaired) electrons. The highest BCUT2D eigenvalue weighted by Crippen LogP contribution is 2.43. The van der Waals surface area contributed by atoms with Crippen molar-refractivity contribution in [1.29, 1.82) is 0 Å². The zero-order chi connectivity index (χ0) is 46.1. The first kappa shape index (κ1) is 58.7. The van der Waals surface area contributed by atoms with Gasteiger partial charge in [0, 0.05) is 12.8 Å².